The fourth-order valence-electron chi connectivity index (χ4n) is 1.84. The van der Waals surface area contributed by atoms with Crippen LogP contribution in [0.2, 0.25) is 0 Å². The predicted octanol–water partition coefficient (Wildman–Crippen LogP) is 3.66. The second-order valence-electron chi connectivity index (χ2n) is 4.39. The zero-order valence-electron chi connectivity index (χ0n) is 10.6. The second-order valence-corrected chi connectivity index (χ2v) is 5.31. The van der Waals surface area contributed by atoms with Crippen LogP contribution in [0.1, 0.15) is 21.7 Å². The highest BCUT2D eigenvalue weighted by atomic mass is 79.9. The smallest absolute Gasteiger partial charge is 0.272 e. The lowest BCUT2D eigenvalue weighted by Gasteiger charge is -2.08. The Bertz CT molecular complexity index is 582. The number of halogens is 1. The average molecular weight is 307 g/mol. The standard InChI is InChI=1S/C14H15BrN2O/c1-9-6-11(15)8-12(7-9)16-14(18)13-5-4-10(2)17(13)3/h4-8H,1-3H3,(H,16,18). The minimum Gasteiger partial charge on any atom is -0.344 e. The highest BCUT2D eigenvalue weighted by Gasteiger charge is 2.11. The summed E-state index contributed by atoms with van der Waals surface area (Å²) in [5.41, 5.74) is 3.61. The Labute approximate surface area is 115 Å². The van der Waals surface area contributed by atoms with Crippen LogP contribution in [0.5, 0.6) is 0 Å². The molecule has 0 saturated heterocycles. The monoisotopic (exact) mass is 306 g/mol. The SMILES string of the molecule is Cc1cc(Br)cc(NC(=O)c2ccc(C)n2C)c1. The molecule has 1 N–H and O–H groups in total. The van der Waals surface area contributed by atoms with Gasteiger partial charge >= 0.3 is 0 Å². The van der Waals surface area contributed by atoms with E-state index in [0.29, 0.717) is 5.69 Å². The van der Waals surface area contributed by atoms with E-state index in [4.69, 9.17) is 0 Å². The van der Waals surface area contributed by atoms with Gasteiger partial charge in [-0.15, -0.1) is 0 Å². The minimum atomic E-state index is -0.0944. The quantitative estimate of drug-likeness (QED) is 0.902. The van der Waals surface area contributed by atoms with Gasteiger partial charge in [0.1, 0.15) is 5.69 Å². The van der Waals surface area contributed by atoms with E-state index in [0.717, 1.165) is 21.4 Å². The van der Waals surface area contributed by atoms with E-state index >= 15 is 0 Å². The number of benzene rings is 1. The van der Waals surface area contributed by atoms with Gasteiger partial charge in [-0.2, -0.15) is 0 Å². The summed E-state index contributed by atoms with van der Waals surface area (Å²) in [4.78, 5) is 12.1. The molecule has 4 heteroatoms. The number of rotatable bonds is 2. The number of carbonyl (C=O) groups excluding carboxylic acids is 1. The van der Waals surface area contributed by atoms with Gasteiger partial charge in [0.05, 0.1) is 0 Å². The molecule has 0 spiro atoms. The molecule has 18 heavy (non-hydrogen) atoms. The number of aromatic nitrogens is 1. The lowest BCUT2D eigenvalue weighted by molar-refractivity contribution is 0.101. The largest absolute Gasteiger partial charge is 0.344 e. The highest BCUT2D eigenvalue weighted by Crippen LogP contribution is 2.20. The van der Waals surface area contributed by atoms with Crippen molar-refractivity contribution in [3.8, 4) is 0 Å². The van der Waals surface area contributed by atoms with Crippen LogP contribution in [0, 0.1) is 13.8 Å². The number of carbonyl (C=O) groups is 1. The van der Waals surface area contributed by atoms with Crippen molar-refractivity contribution >= 4 is 27.5 Å². The van der Waals surface area contributed by atoms with Crippen molar-refractivity contribution in [2.45, 2.75) is 13.8 Å². The van der Waals surface area contributed by atoms with Crippen LogP contribution in [-0.4, -0.2) is 10.5 Å². The van der Waals surface area contributed by atoms with E-state index in [1.54, 1.807) is 0 Å². The number of amides is 1. The fraction of sp³-hybridized carbons (Fsp3) is 0.214. The summed E-state index contributed by atoms with van der Waals surface area (Å²) in [6, 6.07) is 9.60. The molecule has 94 valence electrons. The molecule has 1 heterocycles. The number of hydrogen-bond acceptors (Lipinski definition) is 1. The number of nitrogens with zero attached hydrogens (tertiary/aromatic N) is 1. The summed E-state index contributed by atoms with van der Waals surface area (Å²) >= 11 is 3.42. The van der Waals surface area contributed by atoms with Gasteiger partial charge in [-0.3, -0.25) is 4.79 Å². The molecular formula is C14H15BrN2O. The third-order valence-corrected chi connectivity index (χ3v) is 3.36. The van der Waals surface area contributed by atoms with Gasteiger partial charge in [0.2, 0.25) is 0 Å². The van der Waals surface area contributed by atoms with Gasteiger partial charge in [-0.25, -0.2) is 0 Å². The Morgan fingerprint density at radius 1 is 1.22 bits per heavy atom. The van der Waals surface area contributed by atoms with Crippen molar-refractivity contribution < 1.29 is 4.79 Å². The Morgan fingerprint density at radius 3 is 2.50 bits per heavy atom. The molecule has 0 saturated carbocycles. The average Bonchev–Trinajstić information content (AvgIpc) is 2.58. The van der Waals surface area contributed by atoms with Crippen molar-refractivity contribution in [2.75, 3.05) is 5.32 Å². The summed E-state index contributed by atoms with van der Waals surface area (Å²) < 4.78 is 2.83. The lowest BCUT2D eigenvalue weighted by Crippen LogP contribution is -2.16. The highest BCUT2D eigenvalue weighted by molar-refractivity contribution is 9.10. The van der Waals surface area contributed by atoms with Crippen molar-refractivity contribution in [3.05, 3.63) is 51.8 Å². The van der Waals surface area contributed by atoms with Crippen molar-refractivity contribution in [1.82, 2.24) is 4.57 Å². The second kappa shape index (κ2) is 4.98. The third-order valence-electron chi connectivity index (χ3n) is 2.91. The van der Waals surface area contributed by atoms with E-state index in [9.17, 15) is 4.79 Å². The van der Waals surface area contributed by atoms with Crippen molar-refractivity contribution in [3.63, 3.8) is 0 Å². The van der Waals surface area contributed by atoms with Gasteiger partial charge in [-0.1, -0.05) is 15.9 Å². The summed E-state index contributed by atoms with van der Waals surface area (Å²) in [5, 5.41) is 2.90. The maximum absolute atomic E-state index is 12.1. The number of aryl methyl sites for hydroxylation is 2. The zero-order chi connectivity index (χ0) is 13.3. The summed E-state index contributed by atoms with van der Waals surface area (Å²) in [6.07, 6.45) is 0. The van der Waals surface area contributed by atoms with Gasteiger partial charge in [0.25, 0.3) is 5.91 Å². The maximum atomic E-state index is 12.1. The molecule has 0 atom stereocenters. The Kier molecular flexibility index (Phi) is 3.57. The summed E-state index contributed by atoms with van der Waals surface area (Å²) in [6.45, 7) is 3.97. The first-order chi connectivity index (χ1) is 8.47. The van der Waals surface area contributed by atoms with Crippen LogP contribution in [0.3, 0.4) is 0 Å². The first kappa shape index (κ1) is 12.9. The number of hydrogen-bond donors (Lipinski definition) is 1. The molecular weight excluding hydrogens is 292 g/mol. The fourth-order valence-corrected chi connectivity index (χ4v) is 2.45. The molecule has 0 aliphatic heterocycles. The van der Waals surface area contributed by atoms with Gasteiger partial charge in [-0.05, 0) is 49.7 Å². The summed E-state index contributed by atoms with van der Waals surface area (Å²) in [7, 11) is 1.89. The summed E-state index contributed by atoms with van der Waals surface area (Å²) in [5.74, 6) is -0.0944. The number of nitrogens with one attached hydrogen (secondary N) is 1. The topological polar surface area (TPSA) is 34.0 Å². The molecule has 2 aromatic rings. The zero-order valence-corrected chi connectivity index (χ0v) is 12.2. The maximum Gasteiger partial charge on any atom is 0.272 e. The first-order valence-corrected chi connectivity index (χ1v) is 6.47. The molecule has 2 rings (SSSR count). The van der Waals surface area contributed by atoms with Gasteiger partial charge in [0.15, 0.2) is 0 Å². The molecule has 0 bridgehead atoms. The number of anilines is 1. The van der Waals surface area contributed by atoms with E-state index < -0.39 is 0 Å². The first-order valence-electron chi connectivity index (χ1n) is 5.68. The molecule has 1 aromatic heterocycles. The van der Waals surface area contributed by atoms with Gasteiger partial charge < -0.3 is 9.88 Å². The molecule has 0 unspecified atom stereocenters. The van der Waals surface area contributed by atoms with E-state index in [-0.39, 0.29) is 5.91 Å². The normalized spacial score (nSPS) is 10.4. The Hall–Kier alpha value is -1.55. The van der Waals surface area contributed by atoms with Crippen molar-refractivity contribution in [1.29, 1.82) is 0 Å². The van der Waals surface area contributed by atoms with Crippen LogP contribution in [0.4, 0.5) is 5.69 Å². The Balaban J connectivity index is 2.24. The molecule has 1 amide bonds. The van der Waals surface area contributed by atoms with E-state index in [1.165, 1.54) is 0 Å². The van der Waals surface area contributed by atoms with Crippen LogP contribution >= 0.6 is 15.9 Å². The van der Waals surface area contributed by atoms with Crippen molar-refractivity contribution in [2.24, 2.45) is 7.05 Å². The van der Waals surface area contributed by atoms with Crippen LogP contribution in [0.25, 0.3) is 0 Å². The molecule has 0 radical (unpaired) electrons. The third kappa shape index (κ3) is 2.64. The van der Waals surface area contributed by atoms with E-state index in [2.05, 4.69) is 21.2 Å². The predicted molar refractivity (Wildman–Crippen MR) is 77.0 cm³/mol. The minimum absolute atomic E-state index is 0.0944. The molecule has 0 fully saturated rings. The van der Waals surface area contributed by atoms with Gasteiger partial charge in [0, 0.05) is 22.9 Å². The molecule has 0 aliphatic carbocycles. The van der Waals surface area contributed by atoms with Crippen LogP contribution in [0.15, 0.2) is 34.8 Å². The van der Waals surface area contributed by atoms with E-state index in [1.807, 2.05) is 55.8 Å². The molecule has 0 aliphatic rings. The Morgan fingerprint density at radius 2 is 1.94 bits per heavy atom. The lowest BCUT2D eigenvalue weighted by atomic mass is 10.2. The van der Waals surface area contributed by atoms with Crippen LogP contribution in [-0.2, 0) is 7.05 Å². The molecule has 1 aromatic carbocycles. The van der Waals surface area contributed by atoms with Crippen LogP contribution < -0.4 is 5.32 Å². The molecule has 3 nitrogen and oxygen atoms in total.